The molecule has 1 atom stereocenters. The molecule has 1 N–H and O–H groups in total. The van der Waals surface area contributed by atoms with Crippen LogP contribution in [0.15, 0.2) is 12.2 Å². The van der Waals surface area contributed by atoms with Gasteiger partial charge in [0.15, 0.2) is 0 Å². The molecule has 8 heteroatoms. The van der Waals surface area contributed by atoms with Gasteiger partial charge in [-0.1, -0.05) is 6.58 Å². The normalized spacial score (nSPS) is 13.1. The van der Waals surface area contributed by atoms with Crippen LogP contribution < -0.4 is 0 Å². The molecular weight excluding hydrogens is 250 g/mol. The molecule has 0 saturated heterocycles. The minimum absolute atomic E-state index is 0.144. The molecular formula is C9H19NO6S. The minimum Gasteiger partial charge on any atom is -0.726 e. The number of quaternary nitrogens is 1. The SMILES string of the molecule is C=C(C)C(=O)OC(C)[N+](C)(C)C.O=S(=O)([O-])O. The Balaban J connectivity index is 0. The molecule has 0 aromatic carbocycles. The number of hydrogen-bond donors (Lipinski definition) is 1. The third kappa shape index (κ3) is 15.0. The summed E-state index contributed by atoms with van der Waals surface area (Å²) in [6.45, 7) is 7.01. The topological polar surface area (TPSA) is 104 Å². The van der Waals surface area contributed by atoms with E-state index in [0.29, 0.717) is 10.1 Å². The number of carbonyl (C=O) groups excluding carboxylic acids is 1. The molecule has 0 aromatic rings. The first-order chi connectivity index (χ1) is 7.25. The van der Waals surface area contributed by atoms with Crippen molar-refractivity contribution in [3.8, 4) is 0 Å². The summed E-state index contributed by atoms with van der Waals surface area (Å²) in [7, 11) is 0.989. The molecule has 1 unspecified atom stereocenters. The van der Waals surface area contributed by atoms with Crippen LogP contribution >= 0.6 is 0 Å². The fourth-order valence-corrected chi connectivity index (χ4v) is 0.414. The summed E-state index contributed by atoms with van der Waals surface area (Å²) in [6.07, 6.45) is -0.144. The summed E-state index contributed by atoms with van der Waals surface area (Å²) >= 11 is 0. The fraction of sp³-hybridized carbons (Fsp3) is 0.667. The molecule has 17 heavy (non-hydrogen) atoms. The van der Waals surface area contributed by atoms with E-state index >= 15 is 0 Å². The number of esters is 1. The molecule has 0 aliphatic heterocycles. The van der Waals surface area contributed by atoms with Gasteiger partial charge in [0.05, 0.1) is 21.1 Å². The molecule has 102 valence electrons. The Labute approximate surface area is 102 Å². The zero-order chi connectivity index (χ0) is 14.4. The first-order valence-electron chi connectivity index (χ1n) is 4.61. The second-order valence-electron chi connectivity index (χ2n) is 4.33. The lowest BCUT2D eigenvalue weighted by Gasteiger charge is -2.30. The van der Waals surface area contributed by atoms with Gasteiger partial charge < -0.3 is 9.29 Å². The highest BCUT2D eigenvalue weighted by Gasteiger charge is 2.22. The molecule has 0 bridgehead atoms. The second-order valence-corrected chi connectivity index (χ2v) is 5.18. The average molecular weight is 269 g/mol. The van der Waals surface area contributed by atoms with E-state index < -0.39 is 10.4 Å². The van der Waals surface area contributed by atoms with E-state index in [2.05, 4.69) is 6.58 Å². The molecule has 0 aromatic heterocycles. The Morgan fingerprint density at radius 1 is 1.41 bits per heavy atom. The predicted molar refractivity (Wildman–Crippen MR) is 60.7 cm³/mol. The van der Waals surface area contributed by atoms with Crippen molar-refractivity contribution in [2.45, 2.75) is 20.1 Å². The highest BCUT2D eigenvalue weighted by Crippen LogP contribution is 2.06. The Bertz CT molecular complexity index is 359. The van der Waals surface area contributed by atoms with Gasteiger partial charge in [-0.2, -0.15) is 0 Å². The highest BCUT2D eigenvalue weighted by molar-refractivity contribution is 7.79. The van der Waals surface area contributed by atoms with Crippen LogP contribution in [0.3, 0.4) is 0 Å². The van der Waals surface area contributed by atoms with Crippen molar-refractivity contribution in [3.63, 3.8) is 0 Å². The van der Waals surface area contributed by atoms with Crippen LogP contribution in [0, 0.1) is 0 Å². The monoisotopic (exact) mass is 269 g/mol. The summed E-state index contributed by atoms with van der Waals surface area (Å²) in [4.78, 5) is 11.1. The standard InChI is InChI=1S/C9H18NO2.H2O4S/c1-7(2)9(11)12-8(3)10(4,5)6;1-5(2,3)4/h8H,1H2,2-6H3;(H2,1,2,3,4)/q+1;/p-1. The lowest BCUT2D eigenvalue weighted by atomic mass is 10.3. The fourth-order valence-electron chi connectivity index (χ4n) is 0.414. The second kappa shape index (κ2) is 6.70. The molecule has 0 amide bonds. The molecule has 0 spiro atoms. The van der Waals surface area contributed by atoms with Gasteiger partial charge in [-0.15, -0.1) is 0 Å². The Morgan fingerprint density at radius 2 is 1.71 bits per heavy atom. The van der Waals surface area contributed by atoms with Crippen molar-refractivity contribution in [2.75, 3.05) is 21.1 Å². The van der Waals surface area contributed by atoms with Gasteiger partial charge in [-0.3, -0.25) is 9.04 Å². The summed E-state index contributed by atoms with van der Waals surface area (Å²) in [6, 6.07) is 0. The molecule has 7 nitrogen and oxygen atoms in total. The predicted octanol–water partition coefficient (Wildman–Crippen LogP) is 0.163. The maximum atomic E-state index is 11.1. The average Bonchev–Trinajstić information content (AvgIpc) is 1.98. The van der Waals surface area contributed by atoms with Crippen molar-refractivity contribution in [2.24, 2.45) is 0 Å². The third-order valence-corrected chi connectivity index (χ3v) is 1.72. The van der Waals surface area contributed by atoms with E-state index in [0.717, 1.165) is 0 Å². The maximum absolute atomic E-state index is 11.1. The van der Waals surface area contributed by atoms with Gasteiger partial charge in [0.2, 0.25) is 16.6 Å². The number of carbonyl (C=O) groups is 1. The van der Waals surface area contributed by atoms with Crippen LogP contribution in [0.5, 0.6) is 0 Å². The quantitative estimate of drug-likeness (QED) is 0.195. The summed E-state index contributed by atoms with van der Waals surface area (Å²) < 4.78 is 38.5. The van der Waals surface area contributed by atoms with Crippen LogP contribution in [0.2, 0.25) is 0 Å². The van der Waals surface area contributed by atoms with Crippen LogP contribution in [-0.2, 0) is 19.9 Å². The minimum atomic E-state index is -4.92. The van der Waals surface area contributed by atoms with Gasteiger partial charge in [0, 0.05) is 12.5 Å². The van der Waals surface area contributed by atoms with Gasteiger partial charge >= 0.3 is 5.97 Å². The molecule has 0 saturated carbocycles. The number of nitrogens with zero attached hydrogens (tertiary/aromatic N) is 1. The van der Waals surface area contributed by atoms with Crippen molar-refractivity contribution in [1.82, 2.24) is 0 Å². The van der Waals surface area contributed by atoms with Gasteiger partial charge in [0.25, 0.3) is 0 Å². The van der Waals surface area contributed by atoms with Crippen LogP contribution in [0.1, 0.15) is 13.8 Å². The molecule has 0 fully saturated rings. The van der Waals surface area contributed by atoms with E-state index in [1.807, 2.05) is 28.1 Å². The van der Waals surface area contributed by atoms with Crippen molar-refractivity contribution in [3.05, 3.63) is 12.2 Å². The zero-order valence-corrected chi connectivity index (χ0v) is 11.4. The molecule has 0 aliphatic carbocycles. The summed E-state index contributed by atoms with van der Waals surface area (Å²) in [5.74, 6) is -0.324. The summed E-state index contributed by atoms with van der Waals surface area (Å²) in [5, 5.41) is 0. The summed E-state index contributed by atoms with van der Waals surface area (Å²) in [5.41, 5.74) is 0.440. The Morgan fingerprint density at radius 3 is 1.88 bits per heavy atom. The van der Waals surface area contributed by atoms with E-state index in [1.54, 1.807) is 6.92 Å². The lowest BCUT2D eigenvalue weighted by molar-refractivity contribution is -0.914. The largest absolute Gasteiger partial charge is 0.726 e. The van der Waals surface area contributed by atoms with Gasteiger partial charge in [-0.05, 0) is 6.92 Å². The molecule has 0 aliphatic rings. The van der Waals surface area contributed by atoms with Crippen LogP contribution in [0.4, 0.5) is 0 Å². The number of rotatable bonds is 3. The van der Waals surface area contributed by atoms with Crippen molar-refractivity contribution < 1.29 is 31.5 Å². The molecule has 0 radical (unpaired) electrons. The van der Waals surface area contributed by atoms with Crippen molar-refractivity contribution in [1.29, 1.82) is 0 Å². The number of ether oxygens (including phenoxy) is 1. The smallest absolute Gasteiger partial charge is 0.337 e. The van der Waals surface area contributed by atoms with Crippen LogP contribution in [-0.4, -0.2) is 55.3 Å². The molecule has 0 heterocycles. The van der Waals surface area contributed by atoms with E-state index in [4.69, 9.17) is 22.3 Å². The van der Waals surface area contributed by atoms with Crippen LogP contribution in [0.25, 0.3) is 0 Å². The van der Waals surface area contributed by atoms with E-state index in [-0.39, 0.29) is 12.2 Å². The Hall–Kier alpha value is -0.960. The first-order valence-corrected chi connectivity index (χ1v) is 5.97. The first kappa shape index (κ1) is 18.4. The van der Waals surface area contributed by atoms with E-state index in [1.165, 1.54) is 0 Å². The maximum Gasteiger partial charge on any atom is 0.337 e. The van der Waals surface area contributed by atoms with Crippen molar-refractivity contribution >= 4 is 16.4 Å². The van der Waals surface area contributed by atoms with Gasteiger partial charge in [0.1, 0.15) is 0 Å². The zero-order valence-electron chi connectivity index (χ0n) is 10.6. The lowest BCUT2D eigenvalue weighted by Crippen LogP contribution is -2.45. The Kier molecular flexibility index (Phi) is 7.25. The highest BCUT2D eigenvalue weighted by atomic mass is 32.3. The third-order valence-electron chi connectivity index (χ3n) is 1.72. The molecule has 0 rings (SSSR count). The number of hydrogen-bond acceptors (Lipinski definition) is 5. The van der Waals surface area contributed by atoms with Gasteiger partial charge in [-0.25, -0.2) is 13.2 Å². The van der Waals surface area contributed by atoms with E-state index in [9.17, 15) is 4.79 Å².